The predicted octanol–water partition coefficient (Wildman–Crippen LogP) is 1.05. The topological polar surface area (TPSA) is 84.6 Å². The Balaban J connectivity index is 2.21. The fourth-order valence-corrected chi connectivity index (χ4v) is 1.08. The number of carboxylic acid groups (broad SMARTS) is 1. The smallest absolute Gasteiger partial charge is 0.404 e. The van der Waals surface area contributed by atoms with Crippen molar-refractivity contribution in [3.8, 4) is 0 Å². The number of hydrogen-bond donors (Lipinski definition) is 3. The van der Waals surface area contributed by atoms with Crippen LogP contribution in [-0.4, -0.2) is 24.4 Å². The minimum absolute atomic E-state index is 0.280. The maximum Gasteiger partial charge on any atom is 0.404 e. The van der Waals surface area contributed by atoms with Gasteiger partial charge in [-0.05, 0) is 6.07 Å². The van der Waals surface area contributed by atoms with E-state index in [0.29, 0.717) is 18.9 Å². The first-order valence-corrected chi connectivity index (χ1v) is 4.58. The molecule has 0 aromatic heterocycles. The van der Waals surface area contributed by atoms with Gasteiger partial charge >= 0.3 is 6.09 Å². The highest BCUT2D eigenvalue weighted by atomic mass is 16.5. The molecule has 1 amide bonds. The molecule has 5 nitrogen and oxygen atoms in total. The Morgan fingerprint density at radius 1 is 1.47 bits per heavy atom. The number of anilines is 1. The van der Waals surface area contributed by atoms with E-state index in [9.17, 15) is 4.79 Å². The van der Waals surface area contributed by atoms with Gasteiger partial charge in [0.2, 0.25) is 0 Å². The fourth-order valence-electron chi connectivity index (χ4n) is 1.08. The van der Waals surface area contributed by atoms with Crippen molar-refractivity contribution < 1.29 is 14.6 Å². The van der Waals surface area contributed by atoms with Crippen LogP contribution >= 0.6 is 0 Å². The van der Waals surface area contributed by atoms with Gasteiger partial charge in [0, 0.05) is 17.8 Å². The zero-order valence-corrected chi connectivity index (χ0v) is 8.27. The van der Waals surface area contributed by atoms with Crippen LogP contribution in [0.25, 0.3) is 0 Å². The maximum atomic E-state index is 10.1. The van der Waals surface area contributed by atoms with Gasteiger partial charge in [-0.15, -0.1) is 0 Å². The summed E-state index contributed by atoms with van der Waals surface area (Å²) < 4.78 is 5.25. The van der Waals surface area contributed by atoms with E-state index < -0.39 is 6.09 Å². The van der Waals surface area contributed by atoms with Gasteiger partial charge in [0.1, 0.15) is 0 Å². The molecule has 5 heteroatoms. The molecule has 0 aliphatic heterocycles. The van der Waals surface area contributed by atoms with Crippen molar-refractivity contribution in [2.45, 2.75) is 6.61 Å². The van der Waals surface area contributed by atoms with Gasteiger partial charge in [-0.3, -0.25) is 0 Å². The Hall–Kier alpha value is -1.75. The van der Waals surface area contributed by atoms with Crippen molar-refractivity contribution in [3.63, 3.8) is 0 Å². The van der Waals surface area contributed by atoms with Crippen LogP contribution in [0, 0.1) is 0 Å². The summed E-state index contributed by atoms with van der Waals surface area (Å²) in [6.45, 7) is 1.01. The van der Waals surface area contributed by atoms with E-state index in [0.717, 1.165) is 5.56 Å². The van der Waals surface area contributed by atoms with Gasteiger partial charge in [0.05, 0.1) is 13.2 Å². The summed E-state index contributed by atoms with van der Waals surface area (Å²) in [5, 5.41) is 10.5. The number of carbonyl (C=O) groups is 1. The first-order valence-electron chi connectivity index (χ1n) is 4.58. The summed E-state index contributed by atoms with van der Waals surface area (Å²) in [5.74, 6) is 0. The number of nitrogens with two attached hydrogens (primary N) is 1. The highest BCUT2D eigenvalue weighted by molar-refractivity contribution is 5.64. The van der Waals surface area contributed by atoms with E-state index in [1.807, 2.05) is 18.2 Å². The highest BCUT2D eigenvalue weighted by Crippen LogP contribution is 2.10. The zero-order valence-electron chi connectivity index (χ0n) is 8.27. The SMILES string of the molecule is Nc1ccccc1COCCNC(=O)O. The number of benzene rings is 1. The predicted molar refractivity (Wildman–Crippen MR) is 56.5 cm³/mol. The molecule has 0 saturated heterocycles. The summed E-state index contributed by atoms with van der Waals surface area (Å²) >= 11 is 0. The number of hydrogen-bond acceptors (Lipinski definition) is 3. The zero-order chi connectivity index (χ0) is 11.1. The van der Waals surface area contributed by atoms with Crippen LogP contribution in [0.2, 0.25) is 0 Å². The Bertz CT molecular complexity index is 328. The van der Waals surface area contributed by atoms with Crippen LogP contribution in [0.5, 0.6) is 0 Å². The molecule has 0 unspecified atom stereocenters. The van der Waals surface area contributed by atoms with Crippen LogP contribution in [-0.2, 0) is 11.3 Å². The number of nitrogen functional groups attached to an aromatic ring is 1. The van der Waals surface area contributed by atoms with Crippen LogP contribution < -0.4 is 11.1 Å². The molecule has 1 aromatic carbocycles. The van der Waals surface area contributed by atoms with E-state index in [1.54, 1.807) is 6.07 Å². The number of amides is 1. The first kappa shape index (κ1) is 11.3. The number of nitrogens with one attached hydrogen (secondary N) is 1. The Morgan fingerprint density at radius 2 is 2.20 bits per heavy atom. The molecule has 0 bridgehead atoms. The second-order valence-corrected chi connectivity index (χ2v) is 2.98. The van der Waals surface area contributed by atoms with Crippen LogP contribution in [0.1, 0.15) is 5.56 Å². The third-order valence-corrected chi connectivity index (χ3v) is 1.84. The fraction of sp³-hybridized carbons (Fsp3) is 0.300. The third-order valence-electron chi connectivity index (χ3n) is 1.84. The quantitative estimate of drug-likeness (QED) is 0.501. The summed E-state index contributed by atoms with van der Waals surface area (Å²) in [7, 11) is 0. The van der Waals surface area contributed by atoms with E-state index in [1.165, 1.54) is 0 Å². The van der Waals surface area contributed by atoms with Crippen LogP contribution in [0.4, 0.5) is 10.5 Å². The van der Waals surface area contributed by atoms with Crippen molar-refractivity contribution in [1.29, 1.82) is 0 Å². The van der Waals surface area contributed by atoms with Crippen LogP contribution in [0.3, 0.4) is 0 Å². The van der Waals surface area contributed by atoms with E-state index in [-0.39, 0.29) is 6.54 Å². The second-order valence-electron chi connectivity index (χ2n) is 2.98. The van der Waals surface area contributed by atoms with Gasteiger partial charge in [0.15, 0.2) is 0 Å². The van der Waals surface area contributed by atoms with Gasteiger partial charge in [0.25, 0.3) is 0 Å². The van der Waals surface area contributed by atoms with Crippen molar-refractivity contribution in [1.82, 2.24) is 5.32 Å². The summed E-state index contributed by atoms with van der Waals surface area (Å²) in [6.07, 6.45) is -1.04. The minimum atomic E-state index is -1.04. The van der Waals surface area contributed by atoms with E-state index >= 15 is 0 Å². The molecule has 0 aliphatic carbocycles. The summed E-state index contributed by atoms with van der Waals surface area (Å²) in [5.41, 5.74) is 7.29. The lowest BCUT2D eigenvalue weighted by Gasteiger charge is -2.06. The van der Waals surface area contributed by atoms with Gasteiger partial charge in [-0.25, -0.2) is 4.79 Å². The minimum Gasteiger partial charge on any atom is -0.465 e. The number of para-hydroxylation sites is 1. The monoisotopic (exact) mass is 210 g/mol. The molecule has 0 atom stereocenters. The van der Waals surface area contributed by atoms with Crippen molar-refractivity contribution in [2.24, 2.45) is 0 Å². The molecular weight excluding hydrogens is 196 g/mol. The number of ether oxygens (including phenoxy) is 1. The van der Waals surface area contributed by atoms with E-state index in [2.05, 4.69) is 5.32 Å². The average Bonchev–Trinajstić information content (AvgIpc) is 2.20. The van der Waals surface area contributed by atoms with E-state index in [4.69, 9.17) is 15.6 Å². The second kappa shape index (κ2) is 5.87. The normalized spacial score (nSPS) is 9.87. The molecule has 1 rings (SSSR count). The molecule has 0 radical (unpaired) electrons. The standard InChI is InChI=1S/C10H14N2O3/c11-9-4-2-1-3-8(9)7-15-6-5-12-10(13)14/h1-4,12H,5-7,11H2,(H,13,14). The molecule has 4 N–H and O–H groups in total. The lowest BCUT2D eigenvalue weighted by molar-refractivity contribution is 0.121. The lowest BCUT2D eigenvalue weighted by atomic mass is 10.2. The highest BCUT2D eigenvalue weighted by Gasteiger charge is 1.98. The van der Waals surface area contributed by atoms with Crippen molar-refractivity contribution >= 4 is 11.8 Å². The molecule has 82 valence electrons. The molecule has 0 saturated carbocycles. The molecule has 15 heavy (non-hydrogen) atoms. The molecular formula is C10H14N2O3. The molecule has 0 heterocycles. The third kappa shape index (κ3) is 4.33. The first-order chi connectivity index (χ1) is 7.20. The molecule has 0 aliphatic rings. The summed E-state index contributed by atoms with van der Waals surface area (Å²) in [4.78, 5) is 10.1. The van der Waals surface area contributed by atoms with Crippen molar-refractivity contribution in [2.75, 3.05) is 18.9 Å². The van der Waals surface area contributed by atoms with Crippen molar-refractivity contribution in [3.05, 3.63) is 29.8 Å². The largest absolute Gasteiger partial charge is 0.465 e. The lowest BCUT2D eigenvalue weighted by Crippen LogP contribution is -2.25. The van der Waals surface area contributed by atoms with Gasteiger partial charge < -0.3 is 20.9 Å². The molecule has 0 spiro atoms. The van der Waals surface area contributed by atoms with Gasteiger partial charge in [-0.2, -0.15) is 0 Å². The Kier molecular flexibility index (Phi) is 4.43. The Labute approximate surface area is 87.9 Å². The number of rotatable bonds is 5. The van der Waals surface area contributed by atoms with Gasteiger partial charge in [-0.1, -0.05) is 18.2 Å². The summed E-state index contributed by atoms with van der Waals surface area (Å²) in [6, 6.07) is 7.41. The molecule has 1 aromatic rings. The van der Waals surface area contributed by atoms with Crippen LogP contribution in [0.15, 0.2) is 24.3 Å². The molecule has 0 fully saturated rings. The maximum absolute atomic E-state index is 10.1. The Morgan fingerprint density at radius 3 is 2.87 bits per heavy atom. The average molecular weight is 210 g/mol.